The lowest BCUT2D eigenvalue weighted by molar-refractivity contribution is 1.07. The summed E-state index contributed by atoms with van der Waals surface area (Å²) in [5.74, 6) is 0. The molecular formula is C12H11N3S2. The molecule has 2 aromatic heterocycles. The van der Waals surface area contributed by atoms with Crippen molar-refractivity contribution in [1.29, 1.82) is 0 Å². The highest BCUT2D eigenvalue weighted by Crippen LogP contribution is 2.28. The van der Waals surface area contributed by atoms with E-state index in [1.807, 2.05) is 10.9 Å². The molecule has 0 aliphatic rings. The molecule has 0 saturated heterocycles. The third-order valence-electron chi connectivity index (χ3n) is 2.52. The predicted octanol–water partition coefficient (Wildman–Crippen LogP) is 3.67. The molecule has 2 heterocycles. The summed E-state index contributed by atoms with van der Waals surface area (Å²) in [5.41, 5.74) is 5.23. The first kappa shape index (κ1) is 10.7. The first-order valence-corrected chi connectivity index (χ1v) is 7.06. The Morgan fingerprint density at radius 3 is 3.06 bits per heavy atom. The molecule has 0 unspecified atom stereocenters. The molecule has 0 atom stereocenters. The summed E-state index contributed by atoms with van der Waals surface area (Å²) in [5, 5.41) is 6.32. The Hall–Kier alpha value is -1.46. The van der Waals surface area contributed by atoms with Gasteiger partial charge < -0.3 is 5.32 Å². The van der Waals surface area contributed by atoms with Crippen molar-refractivity contribution in [3.8, 4) is 0 Å². The number of rotatable bonds is 3. The second-order valence-corrected chi connectivity index (χ2v) is 5.52. The predicted molar refractivity (Wildman–Crippen MR) is 73.8 cm³/mol. The zero-order chi connectivity index (χ0) is 11.7. The lowest BCUT2D eigenvalue weighted by Crippen LogP contribution is -1.98. The summed E-state index contributed by atoms with van der Waals surface area (Å²) in [6, 6.07) is 6.26. The van der Waals surface area contributed by atoms with Crippen LogP contribution < -0.4 is 5.32 Å². The minimum absolute atomic E-state index is 0.738. The third-order valence-corrected chi connectivity index (χ3v) is 4.14. The van der Waals surface area contributed by atoms with Gasteiger partial charge in [-0.2, -0.15) is 0 Å². The van der Waals surface area contributed by atoms with Gasteiger partial charge in [-0.3, -0.25) is 0 Å². The lowest BCUT2D eigenvalue weighted by Gasteiger charge is -1.97. The highest BCUT2D eigenvalue weighted by molar-refractivity contribution is 7.22. The molecule has 0 bridgehead atoms. The maximum Gasteiger partial charge on any atom is 0.184 e. The maximum absolute atomic E-state index is 4.59. The molecule has 3 aromatic rings. The highest BCUT2D eigenvalue weighted by Gasteiger charge is 2.05. The number of hydrogen-bond donors (Lipinski definition) is 1. The molecule has 5 heteroatoms. The largest absolute Gasteiger partial charge is 0.356 e. The second-order valence-electron chi connectivity index (χ2n) is 3.77. The van der Waals surface area contributed by atoms with Gasteiger partial charge in [-0.15, -0.1) is 11.3 Å². The molecule has 0 radical (unpaired) electrons. The van der Waals surface area contributed by atoms with Gasteiger partial charge in [0.15, 0.2) is 5.13 Å². The molecule has 1 N–H and O–H groups in total. The lowest BCUT2D eigenvalue weighted by atomic mass is 10.2. The molecule has 0 amide bonds. The van der Waals surface area contributed by atoms with Crippen molar-refractivity contribution in [1.82, 2.24) is 9.97 Å². The fourth-order valence-corrected chi connectivity index (χ4v) is 3.15. The van der Waals surface area contributed by atoms with Gasteiger partial charge in [0.05, 0.1) is 28.0 Å². The van der Waals surface area contributed by atoms with Crippen molar-refractivity contribution in [2.45, 2.75) is 13.5 Å². The van der Waals surface area contributed by atoms with Crippen molar-refractivity contribution in [2.24, 2.45) is 0 Å². The number of nitrogens with one attached hydrogen (secondary N) is 1. The molecule has 0 aliphatic carbocycles. The van der Waals surface area contributed by atoms with Crippen LogP contribution in [0, 0.1) is 6.92 Å². The van der Waals surface area contributed by atoms with Crippen molar-refractivity contribution in [3.05, 3.63) is 40.3 Å². The first-order chi connectivity index (χ1) is 8.33. The van der Waals surface area contributed by atoms with Crippen LogP contribution in [0.3, 0.4) is 0 Å². The van der Waals surface area contributed by atoms with Crippen LogP contribution in [-0.2, 0) is 6.54 Å². The molecule has 3 rings (SSSR count). The molecule has 3 nitrogen and oxygen atoms in total. The smallest absolute Gasteiger partial charge is 0.184 e. The van der Waals surface area contributed by atoms with Gasteiger partial charge in [-0.25, -0.2) is 9.97 Å². The van der Waals surface area contributed by atoms with E-state index < -0.39 is 0 Å². The van der Waals surface area contributed by atoms with Gasteiger partial charge in [-0.05, 0) is 18.6 Å². The third kappa shape index (κ3) is 2.16. The van der Waals surface area contributed by atoms with E-state index >= 15 is 0 Å². The summed E-state index contributed by atoms with van der Waals surface area (Å²) in [6.07, 6.45) is 0. The van der Waals surface area contributed by atoms with Gasteiger partial charge in [0.1, 0.15) is 0 Å². The van der Waals surface area contributed by atoms with Crippen LogP contribution in [0.5, 0.6) is 0 Å². The molecule has 17 heavy (non-hydrogen) atoms. The fraction of sp³-hybridized carbons (Fsp3) is 0.167. The fourth-order valence-electron chi connectivity index (χ4n) is 1.65. The summed E-state index contributed by atoms with van der Waals surface area (Å²) in [6.45, 7) is 2.83. The average Bonchev–Trinajstić information content (AvgIpc) is 2.95. The molecule has 0 spiro atoms. The molecule has 0 aliphatic heterocycles. The van der Waals surface area contributed by atoms with E-state index in [4.69, 9.17) is 0 Å². The Balaban J connectivity index is 1.84. The van der Waals surface area contributed by atoms with Gasteiger partial charge in [-0.1, -0.05) is 23.5 Å². The van der Waals surface area contributed by atoms with E-state index in [1.54, 1.807) is 22.7 Å². The van der Waals surface area contributed by atoms with E-state index in [2.05, 4.69) is 40.4 Å². The first-order valence-electron chi connectivity index (χ1n) is 5.30. The number of hydrogen-bond acceptors (Lipinski definition) is 5. The summed E-state index contributed by atoms with van der Waals surface area (Å²) in [7, 11) is 0. The quantitative estimate of drug-likeness (QED) is 0.781. The Labute approximate surface area is 107 Å². The van der Waals surface area contributed by atoms with E-state index in [-0.39, 0.29) is 0 Å². The van der Waals surface area contributed by atoms with Gasteiger partial charge in [0.2, 0.25) is 0 Å². The normalized spacial score (nSPS) is 10.9. The SMILES string of the molecule is Cc1cccc2sc(NCc3cscn3)nc12. The zero-order valence-electron chi connectivity index (χ0n) is 9.30. The molecular weight excluding hydrogens is 250 g/mol. The Kier molecular flexibility index (Phi) is 2.78. The molecule has 0 saturated carbocycles. The van der Waals surface area contributed by atoms with Gasteiger partial charge >= 0.3 is 0 Å². The number of nitrogens with zero attached hydrogens (tertiary/aromatic N) is 2. The zero-order valence-corrected chi connectivity index (χ0v) is 10.9. The number of fused-ring (bicyclic) bond motifs is 1. The van der Waals surface area contributed by atoms with Crippen molar-refractivity contribution in [3.63, 3.8) is 0 Å². The van der Waals surface area contributed by atoms with E-state index in [1.165, 1.54) is 10.3 Å². The standard InChI is InChI=1S/C12H11N3S2/c1-8-3-2-4-10-11(8)15-12(17-10)13-5-9-6-16-7-14-9/h2-4,6-7H,5H2,1H3,(H,13,15). The minimum atomic E-state index is 0.738. The van der Waals surface area contributed by atoms with E-state index in [0.29, 0.717) is 0 Å². The van der Waals surface area contributed by atoms with Crippen molar-refractivity contribution < 1.29 is 0 Å². The van der Waals surface area contributed by atoms with E-state index in [9.17, 15) is 0 Å². The van der Waals surface area contributed by atoms with Crippen molar-refractivity contribution in [2.75, 3.05) is 5.32 Å². The average molecular weight is 261 g/mol. The number of aromatic nitrogens is 2. The molecule has 0 fully saturated rings. The highest BCUT2D eigenvalue weighted by atomic mass is 32.1. The monoisotopic (exact) mass is 261 g/mol. The number of benzene rings is 1. The summed E-state index contributed by atoms with van der Waals surface area (Å²) in [4.78, 5) is 8.83. The summed E-state index contributed by atoms with van der Waals surface area (Å²) < 4.78 is 1.23. The maximum atomic E-state index is 4.59. The topological polar surface area (TPSA) is 37.8 Å². The minimum Gasteiger partial charge on any atom is -0.356 e. The van der Waals surface area contributed by atoms with Crippen LogP contribution in [0.15, 0.2) is 29.1 Å². The second kappa shape index (κ2) is 4.43. The van der Waals surface area contributed by atoms with Crippen LogP contribution in [0.4, 0.5) is 5.13 Å². The van der Waals surface area contributed by atoms with Crippen LogP contribution in [-0.4, -0.2) is 9.97 Å². The Morgan fingerprint density at radius 1 is 1.35 bits per heavy atom. The van der Waals surface area contributed by atoms with Crippen LogP contribution in [0.2, 0.25) is 0 Å². The Morgan fingerprint density at radius 2 is 2.29 bits per heavy atom. The molecule has 1 aromatic carbocycles. The summed E-state index contributed by atoms with van der Waals surface area (Å²) >= 11 is 3.30. The van der Waals surface area contributed by atoms with Crippen LogP contribution >= 0.6 is 22.7 Å². The number of thiazole rings is 2. The van der Waals surface area contributed by atoms with Gasteiger partial charge in [0.25, 0.3) is 0 Å². The van der Waals surface area contributed by atoms with Crippen LogP contribution in [0.1, 0.15) is 11.3 Å². The number of anilines is 1. The number of aryl methyl sites for hydroxylation is 1. The Bertz CT molecular complexity index is 628. The van der Waals surface area contributed by atoms with E-state index in [0.717, 1.165) is 22.9 Å². The number of para-hydroxylation sites is 1. The van der Waals surface area contributed by atoms with Crippen LogP contribution in [0.25, 0.3) is 10.2 Å². The molecule has 86 valence electrons. The van der Waals surface area contributed by atoms with Crippen molar-refractivity contribution >= 4 is 38.0 Å². The van der Waals surface area contributed by atoms with Gasteiger partial charge in [0, 0.05) is 5.38 Å².